The molecule has 1 aromatic carbocycles. The number of carbonyl (C=O) groups is 1. The summed E-state index contributed by atoms with van der Waals surface area (Å²) in [5, 5.41) is 6.85. The van der Waals surface area contributed by atoms with Crippen LogP contribution in [0.5, 0.6) is 0 Å². The van der Waals surface area contributed by atoms with Gasteiger partial charge in [0.15, 0.2) is 5.13 Å². The molecule has 0 spiro atoms. The molecule has 0 radical (unpaired) electrons. The Morgan fingerprint density at radius 1 is 1.38 bits per heavy atom. The maximum atomic E-state index is 13.6. The SMILES string of the molecule is Cc1ccc(Cc2cnc(NC(=O)CCC3CCNCC3)s2)cc1F.Cl. The van der Waals surface area contributed by atoms with Gasteiger partial charge in [0.2, 0.25) is 5.91 Å². The molecule has 0 aliphatic carbocycles. The van der Waals surface area contributed by atoms with E-state index in [4.69, 9.17) is 0 Å². The minimum Gasteiger partial charge on any atom is -0.317 e. The molecule has 1 aliphatic heterocycles. The van der Waals surface area contributed by atoms with Gasteiger partial charge >= 0.3 is 0 Å². The fourth-order valence-electron chi connectivity index (χ4n) is 3.08. The quantitative estimate of drug-likeness (QED) is 0.763. The number of anilines is 1. The van der Waals surface area contributed by atoms with Crippen LogP contribution in [0, 0.1) is 18.7 Å². The molecule has 0 saturated carbocycles. The lowest BCUT2D eigenvalue weighted by atomic mass is 9.93. The molecule has 2 heterocycles. The first-order valence-corrected chi connectivity index (χ1v) is 9.62. The van der Waals surface area contributed by atoms with Crippen LogP contribution in [0.3, 0.4) is 0 Å². The van der Waals surface area contributed by atoms with Crippen molar-refractivity contribution in [3.8, 4) is 0 Å². The largest absolute Gasteiger partial charge is 0.317 e. The van der Waals surface area contributed by atoms with Crippen molar-refractivity contribution in [2.75, 3.05) is 18.4 Å². The molecule has 3 rings (SSSR count). The van der Waals surface area contributed by atoms with Crippen LogP contribution >= 0.6 is 23.7 Å². The van der Waals surface area contributed by atoms with Crippen LogP contribution in [-0.2, 0) is 11.2 Å². The predicted molar refractivity (Wildman–Crippen MR) is 107 cm³/mol. The number of rotatable bonds is 6. The lowest BCUT2D eigenvalue weighted by Crippen LogP contribution is -2.28. The van der Waals surface area contributed by atoms with Gasteiger partial charge in [0.25, 0.3) is 0 Å². The Kier molecular flexibility index (Phi) is 8.00. The molecule has 1 aromatic heterocycles. The average molecular weight is 398 g/mol. The summed E-state index contributed by atoms with van der Waals surface area (Å²) < 4.78 is 13.6. The Bertz CT molecular complexity index is 731. The highest BCUT2D eigenvalue weighted by molar-refractivity contribution is 7.15. The molecule has 0 bridgehead atoms. The van der Waals surface area contributed by atoms with Crippen LogP contribution in [0.1, 0.15) is 41.7 Å². The molecule has 1 aliphatic rings. The minimum atomic E-state index is -0.187. The highest BCUT2D eigenvalue weighted by Crippen LogP contribution is 2.23. The van der Waals surface area contributed by atoms with Crippen LogP contribution in [0.15, 0.2) is 24.4 Å². The zero-order chi connectivity index (χ0) is 17.6. The summed E-state index contributed by atoms with van der Waals surface area (Å²) in [5.74, 6) is 0.490. The number of halogens is 2. The number of hydrogen-bond donors (Lipinski definition) is 2. The van der Waals surface area contributed by atoms with Gasteiger partial charge in [-0.25, -0.2) is 9.37 Å². The molecule has 1 saturated heterocycles. The second-order valence-corrected chi connectivity index (χ2v) is 7.79. The number of nitrogens with zero attached hydrogens (tertiary/aromatic N) is 1. The number of aryl methyl sites for hydroxylation is 1. The summed E-state index contributed by atoms with van der Waals surface area (Å²) in [7, 11) is 0. The predicted octanol–water partition coefficient (Wildman–Crippen LogP) is 4.32. The number of nitrogens with one attached hydrogen (secondary N) is 2. The number of amides is 1. The van der Waals surface area contributed by atoms with Gasteiger partial charge in [0, 0.05) is 23.9 Å². The fraction of sp³-hybridized carbons (Fsp3) is 0.474. The van der Waals surface area contributed by atoms with Gasteiger partial charge in [0.05, 0.1) is 0 Å². The number of thiazole rings is 1. The van der Waals surface area contributed by atoms with E-state index in [-0.39, 0.29) is 24.1 Å². The summed E-state index contributed by atoms with van der Waals surface area (Å²) >= 11 is 1.45. The second kappa shape index (κ2) is 10.00. The Morgan fingerprint density at radius 2 is 2.15 bits per heavy atom. The maximum absolute atomic E-state index is 13.6. The summed E-state index contributed by atoms with van der Waals surface area (Å²) in [6, 6.07) is 5.27. The Hall–Kier alpha value is -1.50. The average Bonchev–Trinajstić information content (AvgIpc) is 3.04. The van der Waals surface area contributed by atoms with E-state index in [1.807, 2.05) is 6.07 Å². The van der Waals surface area contributed by atoms with Crippen LogP contribution < -0.4 is 10.6 Å². The first-order chi connectivity index (χ1) is 12.1. The number of benzene rings is 1. The van der Waals surface area contributed by atoms with Crippen molar-refractivity contribution in [2.45, 2.75) is 39.0 Å². The molecular weight excluding hydrogens is 373 g/mol. The molecule has 7 heteroatoms. The van der Waals surface area contributed by atoms with Gasteiger partial charge in [-0.2, -0.15) is 0 Å². The first kappa shape index (κ1) is 20.8. The van der Waals surface area contributed by atoms with Crippen LogP contribution in [0.4, 0.5) is 9.52 Å². The number of carbonyl (C=O) groups excluding carboxylic acids is 1. The third-order valence-corrected chi connectivity index (χ3v) is 5.57. The van der Waals surface area contributed by atoms with E-state index < -0.39 is 0 Å². The van der Waals surface area contributed by atoms with Crippen molar-refractivity contribution < 1.29 is 9.18 Å². The van der Waals surface area contributed by atoms with E-state index in [1.54, 1.807) is 25.3 Å². The Balaban J connectivity index is 0.00000243. The molecule has 142 valence electrons. The minimum absolute atomic E-state index is 0. The summed E-state index contributed by atoms with van der Waals surface area (Å²) in [6.45, 7) is 3.87. The van der Waals surface area contributed by atoms with Crippen LogP contribution in [0.25, 0.3) is 0 Å². The van der Waals surface area contributed by atoms with Gasteiger partial charge in [-0.05, 0) is 62.4 Å². The van der Waals surface area contributed by atoms with Crippen molar-refractivity contribution in [1.29, 1.82) is 0 Å². The smallest absolute Gasteiger partial charge is 0.226 e. The molecule has 26 heavy (non-hydrogen) atoms. The van der Waals surface area contributed by atoms with Crippen molar-refractivity contribution in [2.24, 2.45) is 5.92 Å². The molecule has 0 atom stereocenters. The van der Waals surface area contributed by atoms with E-state index in [0.29, 0.717) is 29.5 Å². The van der Waals surface area contributed by atoms with Crippen LogP contribution in [0.2, 0.25) is 0 Å². The van der Waals surface area contributed by atoms with Crippen molar-refractivity contribution in [3.63, 3.8) is 0 Å². The monoisotopic (exact) mass is 397 g/mol. The summed E-state index contributed by atoms with van der Waals surface area (Å²) in [4.78, 5) is 17.4. The highest BCUT2D eigenvalue weighted by atomic mass is 35.5. The standard InChI is InChI=1S/C19H24FN3OS.ClH/c1-13-2-3-15(11-17(13)20)10-16-12-22-19(25-16)23-18(24)5-4-14-6-8-21-9-7-14;/h2-3,11-12,14,21H,4-10H2,1H3,(H,22,23,24);1H. The first-order valence-electron chi connectivity index (χ1n) is 8.80. The third kappa shape index (κ3) is 6.04. The third-order valence-electron chi connectivity index (χ3n) is 4.65. The lowest BCUT2D eigenvalue weighted by molar-refractivity contribution is -0.116. The number of piperidine rings is 1. The molecule has 1 fully saturated rings. The topological polar surface area (TPSA) is 54.0 Å². The van der Waals surface area contributed by atoms with E-state index in [9.17, 15) is 9.18 Å². The molecule has 2 N–H and O–H groups in total. The van der Waals surface area contributed by atoms with E-state index >= 15 is 0 Å². The molecule has 1 amide bonds. The zero-order valence-electron chi connectivity index (χ0n) is 14.9. The van der Waals surface area contributed by atoms with E-state index in [1.165, 1.54) is 11.3 Å². The van der Waals surface area contributed by atoms with Crippen molar-refractivity contribution in [1.82, 2.24) is 10.3 Å². The van der Waals surface area contributed by atoms with Crippen molar-refractivity contribution >= 4 is 34.8 Å². The maximum Gasteiger partial charge on any atom is 0.226 e. The Labute approximate surface area is 164 Å². The highest BCUT2D eigenvalue weighted by Gasteiger charge is 2.15. The van der Waals surface area contributed by atoms with E-state index in [0.717, 1.165) is 42.8 Å². The molecular formula is C19H25ClFN3OS. The van der Waals surface area contributed by atoms with Gasteiger partial charge in [-0.15, -0.1) is 23.7 Å². The molecule has 0 unspecified atom stereocenters. The molecule has 2 aromatic rings. The van der Waals surface area contributed by atoms with Crippen LogP contribution in [-0.4, -0.2) is 24.0 Å². The van der Waals surface area contributed by atoms with Gasteiger partial charge in [-0.1, -0.05) is 12.1 Å². The number of hydrogen-bond acceptors (Lipinski definition) is 4. The normalized spacial score (nSPS) is 14.7. The lowest BCUT2D eigenvalue weighted by Gasteiger charge is -2.21. The zero-order valence-corrected chi connectivity index (χ0v) is 16.5. The summed E-state index contributed by atoms with van der Waals surface area (Å²) in [5.41, 5.74) is 1.56. The number of aromatic nitrogens is 1. The molecule has 4 nitrogen and oxygen atoms in total. The fourth-order valence-corrected chi connectivity index (χ4v) is 3.94. The van der Waals surface area contributed by atoms with Gasteiger partial charge in [0.1, 0.15) is 5.82 Å². The summed E-state index contributed by atoms with van der Waals surface area (Å²) in [6.07, 6.45) is 6.17. The van der Waals surface area contributed by atoms with E-state index in [2.05, 4.69) is 15.6 Å². The van der Waals surface area contributed by atoms with Gasteiger partial charge < -0.3 is 10.6 Å². The second-order valence-electron chi connectivity index (χ2n) is 6.67. The Morgan fingerprint density at radius 3 is 2.88 bits per heavy atom. The van der Waals surface area contributed by atoms with Gasteiger partial charge in [-0.3, -0.25) is 4.79 Å². The van der Waals surface area contributed by atoms with Crippen molar-refractivity contribution in [3.05, 3.63) is 46.2 Å².